The summed E-state index contributed by atoms with van der Waals surface area (Å²) in [5.74, 6) is 0. The quantitative estimate of drug-likeness (QED) is 0.554. The van der Waals surface area contributed by atoms with Crippen LogP contribution in [0.3, 0.4) is 0 Å². The largest absolute Gasteiger partial charge is 0.146 e. The minimum Gasteiger partial charge on any atom is -0.146 e. The molecule has 1 atom stereocenters. The second kappa shape index (κ2) is 6.36. The topological polar surface area (TPSA) is 0 Å². The van der Waals surface area contributed by atoms with Gasteiger partial charge in [-0.05, 0) is 56.9 Å². The zero-order valence-corrected chi connectivity index (χ0v) is 14.5. The first kappa shape index (κ1) is 14.3. The summed E-state index contributed by atoms with van der Waals surface area (Å²) < 4.78 is 1.19. The molecule has 1 aromatic heterocycles. The highest BCUT2D eigenvalue weighted by Crippen LogP contribution is 2.39. The predicted octanol–water partition coefficient (Wildman–Crippen LogP) is 6.12. The van der Waals surface area contributed by atoms with E-state index in [1.807, 2.05) is 0 Å². The Bertz CT molecular complexity index is 531. The number of rotatable bonds is 4. The standard InChI is InChI=1S/C15H16Br2S/c1-3-10-5-6-12(9-11(10)4-2)14(17)15-13(16)7-8-18-15/h5-9,14H,3-4H2,1-2H3. The van der Waals surface area contributed by atoms with Crippen molar-refractivity contribution in [3.8, 4) is 0 Å². The first-order chi connectivity index (χ1) is 8.67. The molecule has 1 heterocycles. The second-order valence-electron chi connectivity index (χ2n) is 4.23. The van der Waals surface area contributed by atoms with Crippen molar-refractivity contribution in [2.75, 3.05) is 0 Å². The summed E-state index contributed by atoms with van der Waals surface area (Å²) in [5.41, 5.74) is 4.27. The highest BCUT2D eigenvalue weighted by Gasteiger charge is 2.15. The highest BCUT2D eigenvalue weighted by molar-refractivity contribution is 9.11. The third-order valence-corrected chi connectivity index (χ3v) is 6.38. The van der Waals surface area contributed by atoms with Gasteiger partial charge in [-0.3, -0.25) is 0 Å². The average molecular weight is 388 g/mol. The van der Waals surface area contributed by atoms with Crippen molar-refractivity contribution in [2.24, 2.45) is 0 Å². The fourth-order valence-corrected chi connectivity index (χ4v) is 4.88. The molecule has 0 bridgehead atoms. The molecule has 96 valence electrons. The van der Waals surface area contributed by atoms with Gasteiger partial charge in [0.2, 0.25) is 0 Å². The van der Waals surface area contributed by atoms with Crippen LogP contribution in [-0.4, -0.2) is 0 Å². The highest BCUT2D eigenvalue weighted by atomic mass is 79.9. The van der Waals surface area contributed by atoms with E-state index in [1.165, 1.54) is 26.0 Å². The molecular weight excluding hydrogens is 372 g/mol. The lowest BCUT2D eigenvalue weighted by Gasteiger charge is -2.13. The third kappa shape index (κ3) is 2.89. The molecule has 0 aliphatic heterocycles. The van der Waals surface area contributed by atoms with Gasteiger partial charge in [0.05, 0.1) is 4.83 Å². The number of hydrogen-bond donors (Lipinski definition) is 0. The van der Waals surface area contributed by atoms with Gasteiger partial charge in [0, 0.05) is 9.35 Å². The predicted molar refractivity (Wildman–Crippen MR) is 88.0 cm³/mol. The summed E-state index contributed by atoms with van der Waals surface area (Å²) in [6.07, 6.45) is 2.21. The molecule has 0 N–H and O–H groups in total. The summed E-state index contributed by atoms with van der Waals surface area (Å²) >= 11 is 9.20. The van der Waals surface area contributed by atoms with Crippen molar-refractivity contribution >= 4 is 43.2 Å². The Balaban J connectivity index is 2.37. The van der Waals surface area contributed by atoms with Crippen LogP contribution >= 0.6 is 43.2 Å². The molecule has 0 radical (unpaired) electrons. The van der Waals surface area contributed by atoms with Crippen molar-refractivity contribution in [3.05, 3.63) is 55.7 Å². The fourth-order valence-electron chi connectivity index (χ4n) is 2.12. The average Bonchev–Trinajstić information content (AvgIpc) is 2.83. The van der Waals surface area contributed by atoms with Crippen LogP contribution in [-0.2, 0) is 12.8 Å². The molecule has 2 aromatic rings. The zero-order valence-electron chi connectivity index (χ0n) is 10.5. The summed E-state index contributed by atoms with van der Waals surface area (Å²) in [7, 11) is 0. The third-order valence-electron chi connectivity index (χ3n) is 3.16. The molecule has 3 heteroatoms. The molecule has 0 saturated heterocycles. The molecule has 18 heavy (non-hydrogen) atoms. The van der Waals surface area contributed by atoms with Gasteiger partial charge in [-0.15, -0.1) is 11.3 Å². The van der Waals surface area contributed by atoms with Crippen molar-refractivity contribution in [3.63, 3.8) is 0 Å². The number of benzene rings is 1. The molecule has 0 aliphatic rings. The smallest absolute Gasteiger partial charge is 0.0749 e. The SMILES string of the molecule is CCc1ccc(C(Br)c2sccc2Br)cc1CC. The molecule has 0 nitrogen and oxygen atoms in total. The normalized spacial score (nSPS) is 12.7. The first-order valence-electron chi connectivity index (χ1n) is 6.16. The number of thiophene rings is 1. The lowest BCUT2D eigenvalue weighted by atomic mass is 9.98. The van der Waals surface area contributed by atoms with Gasteiger partial charge >= 0.3 is 0 Å². The van der Waals surface area contributed by atoms with Crippen molar-refractivity contribution in [1.29, 1.82) is 0 Å². The maximum absolute atomic E-state index is 3.81. The van der Waals surface area contributed by atoms with E-state index >= 15 is 0 Å². The van der Waals surface area contributed by atoms with Crippen LogP contribution in [0.5, 0.6) is 0 Å². The maximum atomic E-state index is 3.81. The molecule has 1 unspecified atom stereocenters. The van der Waals surface area contributed by atoms with Gasteiger partial charge in [0.15, 0.2) is 0 Å². The Morgan fingerprint density at radius 2 is 1.83 bits per heavy atom. The molecule has 0 amide bonds. The Morgan fingerprint density at radius 1 is 1.11 bits per heavy atom. The van der Waals surface area contributed by atoms with Crippen molar-refractivity contribution in [1.82, 2.24) is 0 Å². The van der Waals surface area contributed by atoms with Gasteiger partial charge in [0.1, 0.15) is 0 Å². The van der Waals surface area contributed by atoms with Crippen molar-refractivity contribution in [2.45, 2.75) is 31.5 Å². The Kier molecular flexibility index (Phi) is 5.05. The van der Waals surface area contributed by atoms with E-state index in [2.05, 4.69) is 75.4 Å². The van der Waals surface area contributed by atoms with E-state index in [0.717, 1.165) is 12.8 Å². The molecule has 0 fully saturated rings. The Hall–Kier alpha value is -0.120. The summed E-state index contributed by atoms with van der Waals surface area (Å²) in [6, 6.07) is 8.95. The monoisotopic (exact) mass is 386 g/mol. The van der Waals surface area contributed by atoms with E-state index < -0.39 is 0 Å². The van der Waals surface area contributed by atoms with Crippen LogP contribution in [0.4, 0.5) is 0 Å². The van der Waals surface area contributed by atoms with E-state index in [0.29, 0.717) is 0 Å². The zero-order chi connectivity index (χ0) is 13.1. The van der Waals surface area contributed by atoms with Crippen LogP contribution in [0.15, 0.2) is 34.1 Å². The molecular formula is C15H16Br2S. The molecule has 0 spiro atoms. The number of hydrogen-bond acceptors (Lipinski definition) is 1. The van der Waals surface area contributed by atoms with Crippen LogP contribution in [0.2, 0.25) is 0 Å². The van der Waals surface area contributed by atoms with Crippen LogP contribution < -0.4 is 0 Å². The van der Waals surface area contributed by atoms with Crippen molar-refractivity contribution < 1.29 is 0 Å². The van der Waals surface area contributed by atoms with E-state index in [9.17, 15) is 0 Å². The van der Waals surface area contributed by atoms with Crippen LogP contribution in [0.1, 0.15) is 40.2 Å². The van der Waals surface area contributed by atoms with Gasteiger partial charge in [-0.25, -0.2) is 0 Å². The molecule has 0 saturated carbocycles. The first-order valence-corrected chi connectivity index (χ1v) is 8.74. The maximum Gasteiger partial charge on any atom is 0.0749 e. The van der Waals surface area contributed by atoms with Gasteiger partial charge < -0.3 is 0 Å². The van der Waals surface area contributed by atoms with Crippen LogP contribution in [0.25, 0.3) is 0 Å². The number of aryl methyl sites for hydroxylation is 2. The minimum atomic E-state index is 0.281. The minimum absolute atomic E-state index is 0.281. The van der Waals surface area contributed by atoms with E-state index in [1.54, 1.807) is 11.3 Å². The number of halogens is 2. The Labute approximate surface area is 130 Å². The summed E-state index contributed by atoms with van der Waals surface area (Å²) in [5, 5.41) is 2.12. The molecule has 0 aliphatic carbocycles. The van der Waals surface area contributed by atoms with E-state index in [4.69, 9.17) is 0 Å². The van der Waals surface area contributed by atoms with Gasteiger partial charge in [0.25, 0.3) is 0 Å². The molecule has 2 rings (SSSR count). The molecule has 1 aromatic carbocycles. The van der Waals surface area contributed by atoms with Crippen LogP contribution in [0, 0.1) is 0 Å². The van der Waals surface area contributed by atoms with Gasteiger partial charge in [-0.1, -0.05) is 48.0 Å². The summed E-state index contributed by atoms with van der Waals surface area (Å²) in [6.45, 7) is 4.44. The van der Waals surface area contributed by atoms with Gasteiger partial charge in [-0.2, -0.15) is 0 Å². The van der Waals surface area contributed by atoms with E-state index in [-0.39, 0.29) is 4.83 Å². The second-order valence-corrected chi connectivity index (χ2v) is 6.95. The number of alkyl halides is 1. The fraction of sp³-hybridized carbons (Fsp3) is 0.333. The summed E-state index contributed by atoms with van der Waals surface area (Å²) in [4.78, 5) is 1.62. The Morgan fingerprint density at radius 3 is 2.39 bits per heavy atom. The lowest BCUT2D eigenvalue weighted by Crippen LogP contribution is -1.96. The lowest BCUT2D eigenvalue weighted by molar-refractivity contribution is 1.02.